The van der Waals surface area contributed by atoms with Crippen LogP contribution in [-0.2, 0) is 17.8 Å². The Balaban J connectivity index is 1.81. The molecule has 0 aromatic carbocycles. The molecule has 1 aliphatic heterocycles. The first-order chi connectivity index (χ1) is 12.2. The summed E-state index contributed by atoms with van der Waals surface area (Å²) >= 11 is 0. The maximum atomic E-state index is 12.3. The van der Waals surface area contributed by atoms with Crippen LogP contribution < -0.4 is 10.2 Å². The van der Waals surface area contributed by atoms with Crippen molar-refractivity contribution in [1.29, 1.82) is 0 Å². The van der Waals surface area contributed by atoms with Gasteiger partial charge in [-0.15, -0.1) is 0 Å². The van der Waals surface area contributed by atoms with Crippen molar-refractivity contribution in [1.82, 2.24) is 10.1 Å². The van der Waals surface area contributed by atoms with Gasteiger partial charge in [-0.25, -0.2) is 4.98 Å². The van der Waals surface area contributed by atoms with Crippen LogP contribution in [0.3, 0.4) is 0 Å². The molecule has 0 bridgehead atoms. The van der Waals surface area contributed by atoms with Gasteiger partial charge in [0.1, 0.15) is 11.6 Å². The van der Waals surface area contributed by atoms with Crippen molar-refractivity contribution in [2.45, 2.75) is 60.4 Å². The highest BCUT2D eigenvalue weighted by Gasteiger charge is 2.23. The van der Waals surface area contributed by atoms with E-state index in [4.69, 9.17) is 9.51 Å². The van der Waals surface area contributed by atoms with Gasteiger partial charge in [-0.2, -0.15) is 0 Å². The molecule has 0 unspecified atom stereocenters. The quantitative estimate of drug-likeness (QED) is 0.896. The normalized spacial score (nSPS) is 14.3. The number of fused-ring (bicyclic) bond motifs is 1. The second-order valence-electron chi connectivity index (χ2n) is 8.34. The van der Waals surface area contributed by atoms with E-state index in [-0.39, 0.29) is 11.3 Å². The first-order valence-corrected chi connectivity index (χ1v) is 9.18. The number of amides is 1. The van der Waals surface area contributed by atoms with Crippen LogP contribution in [0.2, 0.25) is 0 Å². The zero-order valence-electron chi connectivity index (χ0n) is 16.3. The minimum atomic E-state index is -0.0422. The SMILES string of the molecule is Cc1cc2c(nc1NC(=O)CC(C)(C)C)CCCN2Cc1cnoc1C. The summed E-state index contributed by atoms with van der Waals surface area (Å²) in [4.78, 5) is 19.4. The molecule has 0 aliphatic carbocycles. The van der Waals surface area contributed by atoms with E-state index in [1.54, 1.807) is 6.20 Å². The highest BCUT2D eigenvalue weighted by Crippen LogP contribution is 2.31. The lowest BCUT2D eigenvalue weighted by Crippen LogP contribution is -2.30. The zero-order chi connectivity index (χ0) is 18.9. The number of carbonyl (C=O) groups excluding carboxylic acids is 1. The smallest absolute Gasteiger partial charge is 0.226 e. The molecule has 1 amide bonds. The topological polar surface area (TPSA) is 71.3 Å². The summed E-state index contributed by atoms with van der Waals surface area (Å²) in [6.45, 7) is 11.9. The number of hydrogen-bond acceptors (Lipinski definition) is 5. The molecule has 2 aromatic rings. The van der Waals surface area contributed by atoms with E-state index < -0.39 is 0 Å². The van der Waals surface area contributed by atoms with Crippen LogP contribution in [0.4, 0.5) is 11.5 Å². The molecule has 0 saturated heterocycles. The van der Waals surface area contributed by atoms with Gasteiger partial charge >= 0.3 is 0 Å². The van der Waals surface area contributed by atoms with Gasteiger partial charge in [-0.05, 0) is 43.7 Å². The van der Waals surface area contributed by atoms with Crippen LogP contribution in [0.5, 0.6) is 0 Å². The summed E-state index contributed by atoms with van der Waals surface area (Å²) in [6.07, 6.45) is 4.23. The largest absolute Gasteiger partial charge is 0.366 e. The lowest BCUT2D eigenvalue weighted by atomic mass is 9.92. The molecular formula is C20H28N4O2. The molecule has 0 spiro atoms. The van der Waals surface area contributed by atoms with Gasteiger partial charge < -0.3 is 14.7 Å². The molecule has 3 heterocycles. The van der Waals surface area contributed by atoms with Crippen molar-refractivity contribution < 1.29 is 9.32 Å². The Labute approximate surface area is 155 Å². The van der Waals surface area contributed by atoms with Crippen molar-refractivity contribution in [3.63, 3.8) is 0 Å². The second-order valence-corrected chi connectivity index (χ2v) is 8.34. The summed E-state index contributed by atoms with van der Waals surface area (Å²) in [5.41, 5.74) is 4.22. The van der Waals surface area contributed by atoms with Gasteiger partial charge in [0.05, 0.1) is 17.6 Å². The lowest BCUT2D eigenvalue weighted by Gasteiger charge is -2.31. The third kappa shape index (κ3) is 4.23. The fourth-order valence-corrected chi connectivity index (χ4v) is 3.28. The lowest BCUT2D eigenvalue weighted by molar-refractivity contribution is -0.117. The highest BCUT2D eigenvalue weighted by molar-refractivity contribution is 5.91. The molecular weight excluding hydrogens is 328 g/mol. The number of pyridine rings is 1. The monoisotopic (exact) mass is 356 g/mol. The maximum Gasteiger partial charge on any atom is 0.226 e. The Morgan fingerprint density at radius 1 is 1.35 bits per heavy atom. The van der Waals surface area contributed by atoms with Gasteiger partial charge in [0.25, 0.3) is 0 Å². The minimum absolute atomic E-state index is 0.0146. The van der Waals surface area contributed by atoms with Gasteiger partial charge in [-0.1, -0.05) is 25.9 Å². The van der Waals surface area contributed by atoms with E-state index >= 15 is 0 Å². The number of carbonyl (C=O) groups is 1. The van der Waals surface area contributed by atoms with E-state index in [0.29, 0.717) is 12.2 Å². The van der Waals surface area contributed by atoms with Crippen LogP contribution in [0.25, 0.3) is 0 Å². The second kappa shape index (κ2) is 7.09. The molecule has 6 heteroatoms. The fraction of sp³-hybridized carbons (Fsp3) is 0.550. The Hall–Kier alpha value is -2.37. The highest BCUT2D eigenvalue weighted by atomic mass is 16.5. The van der Waals surface area contributed by atoms with Gasteiger partial charge in [-0.3, -0.25) is 4.79 Å². The van der Waals surface area contributed by atoms with Crippen molar-refractivity contribution in [3.8, 4) is 0 Å². The number of nitrogens with zero attached hydrogens (tertiary/aromatic N) is 3. The predicted octanol–water partition coefficient (Wildman–Crippen LogP) is 4.01. The van der Waals surface area contributed by atoms with E-state index in [0.717, 1.165) is 54.2 Å². The summed E-state index contributed by atoms with van der Waals surface area (Å²) in [5, 5.41) is 6.86. The first-order valence-electron chi connectivity index (χ1n) is 9.18. The minimum Gasteiger partial charge on any atom is -0.366 e. The zero-order valence-corrected chi connectivity index (χ0v) is 16.3. The van der Waals surface area contributed by atoms with Crippen molar-refractivity contribution in [3.05, 3.63) is 34.8 Å². The average molecular weight is 356 g/mol. The third-order valence-electron chi connectivity index (χ3n) is 4.61. The van der Waals surface area contributed by atoms with Crippen molar-refractivity contribution in [2.75, 3.05) is 16.8 Å². The first kappa shape index (κ1) is 18.4. The van der Waals surface area contributed by atoms with E-state index in [2.05, 4.69) is 42.2 Å². The average Bonchev–Trinajstić information content (AvgIpc) is 2.92. The summed E-state index contributed by atoms with van der Waals surface area (Å²) < 4.78 is 5.18. The third-order valence-corrected chi connectivity index (χ3v) is 4.61. The van der Waals surface area contributed by atoms with E-state index in [9.17, 15) is 4.79 Å². The number of aryl methyl sites for hydroxylation is 3. The molecule has 0 radical (unpaired) electrons. The maximum absolute atomic E-state index is 12.3. The molecule has 140 valence electrons. The predicted molar refractivity (Wildman–Crippen MR) is 102 cm³/mol. The Kier molecular flexibility index (Phi) is 5.03. The van der Waals surface area contributed by atoms with Gasteiger partial charge in [0.2, 0.25) is 5.91 Å². The number of aromatic nitrogens is 2. The number of rotatable bonds is 4. The van der Waals surface area contributed by atoms with Crippen LogP contribution in [0.15, 0.2) is 16.8 Å². The van der Waals surface area contributed by atoms with Crippen LogP contribution in [0, 0.1) is 19.3 Å². The number of nitrogens with one attached hydrogen (secondary N) is 1. The van der Waals surface area contributed by atoms with Crippen molar-refractivity contribution in [2.24, 2.45) is 5.41 Å². The molecule has 6 nitrogen and oxygen atoms in total. The van der Waals surface area contributed by atoms with Gasteiger partial charge in [0, 0.05) is 25.1 Å². The molecule has 0 saturated carbocycles. The molecule has 0 fully saturated rings. The fourth-order valence-electron chi connectivity index (χ4n) is 3.28. The standard InChI is InChI=1S/C20H28N4O2/c1-13-9-17-16(22-19(13)23-18(25)10-20(3,4)5)7-6-8-24(17)12-15-11-21-26-14(15)2/h9,11H,6-8,10,12H2,1-5H3,(H,22,23,25). The van der Waals surface area contributed by atoms with Crippen LogP contribution >= 0.6 is 0 Å². The summed E-state index contributed by atoms with van der Waals surface area (Å²) in [5.74, 6) is 1.55. The van der Waals surface area contributed by atoms with Gasteiger partial charge in [0.15, 0.2) is 0 Å². The Morgan fingerprint density at radius 3 is 2.77 bits per heavy atom. The molecule has 2 aromatic heterocycles. The van der Waals surface area contributed by atoms with Crippen LogP contribution in [-0.4, -0.2) is 22.6 Å². The van der Waals surface area contributed by atoms with Crippen molar-refractivity contribution >= 4 is 17.4 Å². The summed E-state index contributed by atoms with van der Waals surface area (Å²) in [7, 11) is 0. The number of anilines is 2. The molecule has 26 heavy (non-hydrogen) atoms. The van der Waals surface area contributed by atoms with E-state index in [1.165, 1.54) is 0 Å². The Morgan fingerprint density at radius 2 is 2.12 bits per heavy atom. The molecule has 1 N–H and O–H groups in total. The molecule has 3 rings (SSSR count). The number of hydrogen-bond donors (Lipinski definition) is 1. The summed E-state index contributed by atoms with van der Waals surface area (Å²) in [6, 6.07) is 2.14. The van der Waals surface area contributed by atoms with E-state index in [1.807, 2.05) is 13.8 Å². The Bertz CT molecular complexity index is 805. The molecule has 1 aliphatic rings. The van der Waals surface area contributed by atoms with Crippen LogP contribution in [0.1, 0.15) is 56.2 Å². The molecule has 0 atom stereocenters.